The zero-order chi connectivity index (χ0) is 11.1. The lowest BCUT2D eigenvalue weighted by molar-refractivity contribution is -0.154. The van der Waals surface area contributed by atoms with Crippen LogP contribution >= 0.6 is 0 Å². The number of aliphatic carboxylic acids is 1. The molecule has 4 nitrogen and oxygen atoms in total. The first-order valence-corrected chi connectivity index (χ1v) is 4.97. The van der Waals surface area contributed by atoms with Gasteiger partial charge >= 0.3 is 11.9 Å². The van der Waals surface area contributed by atoms with Crippen LogP contribution in [-0.2, 0) is 14.3 Å². The lowest BCUT2D eigenvalue weighted by Gasteiger charge is -2.12. The van der Waals surface area contributed by atoms with Gasteiger partial charge in [0.15, 0.2) is 0 Å². The molecular formula is C10H18O4. The van der Waals surface area contributed by atoms with Crippen molar-refractivity contribution in [1.29, 1.82) is 0 Å². The van der Waals surface area contributed by atoms with Crippen LogP contribution in [0.15, 0.2) is 0 Å². The number of ether oxygens (including phenoxy) is 1. The molecule has 1 aliphatic carbocycles. The Bertz CT molecular complexity index is 200. The zero-order valence-electron chi connectivity index (χ0n) is 8.95. The van der Waals surface area contributed by atoms with E-state index in [1.165, 1.54) is 7.11 Å². The average Bonchev–Trinajstić information content (AvgIpc) is 2.68. The highest BCUT2D eigenvalue weighted by molar-refractivity contribution is 5.81. The summed E-state index contributed by atoms with van der Waals surface area (Å²) >= 11 is 0. The third-order valence-corrected chi connectivity index (χ3v) is 2.34. The zero-order valence-corrected chi connectivity index (χ0v) is 8.95. The van der Waals surface area contributed by atoms with Gasteiger partial charge in [-0.3, -0.25) is 9.59 Å². The molecule has 82 valence electrons. The number of hydrogen-bond donors (Lipinski definition) is 1. The second-order valence-electron chi connectivity index (χ2n) is 3.01. The smallest absolute Gasteiger partial charge is 0.309 e. The van der Waals surface area contributed by atoms with Crippen molar-refractivity contribution in [3.05, 3.63) is 0 Å². The van der Waals surface area contributed by atoms with E-state index in [4.69, 9.17) is 5.11 Å². The Morgan fingerprint density at radius 2 is 1.71 bits per heavy atom. The summed E-state index contributed by atoms with van der Waals surface area (Å²) in [6, 6.07) is 0. The minimum Gasteiger partial charge on any atom is -0.481 e. The van der Waals surface area contributed by atoms with Crippen LogP contribution in [0.25, 0.3) is 0 Å². The van der Waals surface area contributed by atoms with E-state index in [2.05, 4.69) is 4.74 Å². The van der Waals surface area contributed by atoms with Gasteiger partial charge in [0.2, 0.25) is 0 Å². The number of carboxylic acid groups (broad SMARTS) is 1. The van der Waals surface area contributed by atoms with Gasteiger partial charge in [-0.2, -0.15) is 0 Å². The van der Waals surface area contributed by atoms with Crippen molar-refractivity contribution in [3.8, 4) is 0 Å². The van der Waals surface area contributed by atoms with Crippen LogP contribution in [0.5, 0.6) is 0 Å². The number of esters is 1. The van der Waals surface area contributed by atoms with Crippen LogP contribution in [0.3, 0.4) is 0 Å². The van der Waals surface area contributed by atoms with Gasteiger partial charge in [0.05, 0.1) is 18.9 Å². The lowest BCUT2D eigenvalue weighted by Crippen LogP contribution is -2.26. The molecule has 4 heteroatoms. The van der Waals surface area contributed by atoms with E-state index in [9.17, 15) is 9.59 Å². The Balaban J connectivity index is 0.000000791. The Morgan fingerprint density at radius 1 is 1.21 bits per heavy atom. The summed E-state index contributed by atoms with van der Waals surface area (Å²) in [7, 11) is 1.29. The first-order chi connectivity index (χ1) is 6.66. The van der Waals surface area contributed by atoms with E-state index in [-0.39, 0.29) is 5.97 Å². The van der Waals surface area contributed by atoms with Crippen LogP contribution in [-0.4, -0.2) is 24.2 Å². The maximum atomic E-state index is 11.0. The molecule has 0 aromatic carbocycles. The fourth-order valence-electron chi connectivity index (χ4n) is 1.69. The molecule has 0 spiro atoms. The first kappa shape index (κ1) is 12.9. The van der Waals surface area contributed by atoms with Gasteiger partial charge in [-0.15, -0.1) is 0 Å². The van der Waals surface area contributed by atoms with Crippen molar-refractivity contribution in [1.82, 2.24) is 0 Å². The highest BCUT2D eigenvalue weighted by atomic mass is 16.5. The van der Waals surface area contributed by atoms with Gasteiger partial charge in [-0.25, -0.2) is 0 Å². The molecule has 1 aliphatic rings. The van der Waals surface area contributed by atoms with Gasteiger partial charge in [-0.05, 0) is 12.8 Å². The highest BCUT2D eigenvalue weighted by Crippen LogP contribution is 2.32. The molecule has 0 radical (unpaired) electrons. The van der Waals surface area contributed by atoms with Crippen LogP contribution in [0.1, 0.15) is 33.1 Å². The fourth-order valence-corrected chi connectivity index (χ4v) is 1.69. The number of carboxylic acids is 1. The molecule has 2 atom stereocenters. The van der Waals surface area contributed by atoms with Crippen molar-refractivity contribution >= 4 is 11.9 Å². The second kappa shape index (κ2) is 6.40. The number of hydrogen-bond acceptors (Lipinski definition) is 3. The molecule has 1 saturated carbocycles. The Labute approximate surface area is 84.3 Å². The maximum Gasteiger partial charge on any atom is 0.309 e. The molecule has 1 rings (SSSR count). The molecule has 14 heavy (non-hydrogen) atoms. The van der Waals surface area contributed by atoms with Gasteiger partial charge in [0.25, 0.3) is 0 Å². The number of carbonyl (C=O) groups is 2. The van der Waals surface area contributed by atoms with E-state index in [0.29, 0.717) is 12.8 Å². The SMILES string of the molecule is CC.COC(=O)C1CCCC1C(=O)O. The Kier molecular flexibility index (Phi) is 5.92. The third kappa shape index (κ3) is 3.01. The molecule has 0 saturated heterocycles. The van der Waals surface area contributed by atoms with E-state index < -0.39 is 17.8 Å². The van der Waals surface area contributed by atoms with Gasteiger partial charge in [-0.1, -0.05) is 20.3 Å². The van der Waals surface area contributed by atoms with E-state index in [1.54, 1.807) is 0 Å². The molecule has 0 bridgehead atoms. The molecule has 1 N–H and O–H groups in total. The number of rotatable bonds is 2. The molecule has 0 aliphatic heterocycles. The topological polar surface area (TPSA) is 63.6 Å². The summed E-state index contributed by atoms with van der Waals surface area (Å²) in [5.74, 6) is -2.23. The Morgan fingerprint density at radius 3 is 2.14 bits per heavy atom. The predicted octanol–water partition coefficient (Wildman–Crippen LogP) is 1.69. The first-order valence-electron chi connectivity index (χ1n) is 4.97. The molecule has 0 amide bonds. The summed E-state index contributed by atoms with van der Waals surface area (Å²) in [4.78, 5) is 21.7. The standard InChI is InChI=1S/C8H12O4.C2H6/c1-12-8(11)6-4-2-3-5(6)7(9)10;1-2/h5-6H,2-4H2,1H3,(H,9,10);1-2H3. The molecule has 0 aromatic rings. The Hall–Kier alpha value is -1.06. The van der Waals surface area contributed by atoms with Gasteiger partial charge < -0.3 is 9.84 Å². The number of carbonyl (C=O) groups excluding carboxylic acids is 1. The quantitative estimate of drug-likeness (QED) is 0.692. The molecule has 1 fully saturated rings. The van der Waals surface area contributed by atoms with Crippen molar-refractivity contribution in [2.75, 3.05) is 7.11 Å². The van der Waals surface area contributed by atoms with Crippen LogP contribution in [0.4, 0.5) is 0 Å². The van der Waals surface area contributed by atoms with Gasteiger partial charge in [0.1, 0.15) is 0 Å². The van der Waals surface area contributed by atoms with Crippen molar-refractivity contribution in [3.63, 3.8) is 0 Å². The molecule has 0 aromatic heterocycles. The van der Waals surface area contributed by atoms with E-state index in [0.717, 1.165) is 6.42 Å². The van der Waals surface area contributed by atoms with E-state index in [1.807, 2.05) is 13.8 Å². The lowest BCUT2D eigenvalue weighted by atomic mass is 9.97. The molecule has 2 unspecified atom stereocenters. The summed E-state index contributed by atoms with van der Waals surface area (Å²) in [6.45, 7) is 4.00. The van der Waals surface area contributed by atoms with Crippen molar-refractivity contribution in [2.45, 2.75) is 33.1 Å². The average molecular weight is 202 g/mol. The summed E-state index contributed by atoms with van der Waals surface area (Å²) in [5, 5.41) is 8.72. The van der Waals surface area contributed by atoms with Crippen LogP contribution < -0.4 is 0 Å². The second-order valence-corrected chi connectivity index (χ2v) is 3.01. The summed E-state index contributed by atoms with van der Waals surface area (Å²) < 4.78 is 4.51. The minimum atomic E-state index is -0.886. The number of methoxy groups -OCH3 is 1. The summed E-state index contributed by atoms with van der Waals surface area (Å²) in [6.07, 6.45) is 2.04. The maximum absolute atomic E-state index is 11.0. The molecular weight excluding hydrogens is 184 g/mol. The largest absolute Gasteiger partial charge is 0.481 e. The highest BCUT2D eigenvalue weighted by Gasteiger charge is 2.38. The fraction of sp³-hybridized carbons (Fsp3) is 0.800. The van der Waals surface area contributed by atoms with Crippen molar-refractivity contribution in [2.24, 2.45) is 11.8 Å². The normalized spacial score (nSPS) is 24.8. The predicted molar refractivity (Wildman–Crippen MR) is 51.8 cm³/mol. The minimum absolute atomic E-state index is 0.389. The van der Waals surface area contributed by atoms with Crippen molar-refractivity contribution < 1.29 is 19.4 Å². The molecule has 0 heterocycles. The third-order valence-electron chi connectivity index (χ3n) is 2.34. The van der Waals surface area contributed by atoms with E-state index >= 15 is 0 Å². The monoisotopic (exact) mass is 202 g/mol. The summed E-state index contributed by atoms with van der Waals surface area (Å²) in [5.41, 5.74) is 0. The van der Waals surface area contributed by atoms with Gasteiger partial charge in [0, 0.05) is 0 Å². The van der Waals surface area contributed by atoms with Crippen LogP contribution in [0, 0.1) is 11.8 Å². The van der Waals surface area contributed by atoms with Crippen LogP contribution in [0.2, 0.25) is 0 Å².